The molecule has 2 heterocycles. The van der Waals surface area contributed by atoms with Crippen molar-refractivity contribution in [1.29, 1.82) is 0 Å². The van der Waals surface area contributed by atoms with Crippen molar-refractivity contribution in [2.75, 3.05) is 19.8 Å². The van der Waals surface area contributed by atoms with E-state index in [1.807, 2.05) is 4.90 Å². The smallest absolute Gasteiger partial charge is 0.243 e. The molecule has 0 saturated carbocycles. The molecule has 0 spiro atoms. The fourth-order valence-corrected chi connectivity index (χ4v) is 2.47. The monoisotopic (exact) mass is 212 g/mol. The second-order valence-electron chi connectivity index (χ2n) is 4.76. The van der Waals surface area contributed by atoms with E-state index in [-0.39, 0.29) is 5.91 Å². The van der Waals surface area contributed by atoms with E-state index in [0.29, 0.717) is 32.1 Å². The Bertz CT molecular complexity index is 249. The molecule has 0 radical (unpaired) electrons. The second kappa shape index (κ2) is 4.10. The highest BCUT2D eigenvalue weighted by Gasteiger charge is 2.41. The lowest BCUT2D eigenvalue weighted by atomic mass is 9.89. The van der Waals surface area contributed by atoms with Gasteiger partial charge < -0.3 is 15.4 Å². The summed E-state index contributed by atoms with van der Waals surface area (Å²) < 4.78 is 5.25. The van der Waals surface area contributed by atoms with E-state index < -0.39 is 5.54 Å². The highest BCUT2D eigenvalue weighted by Crippen LogP contribution is 2.25. The molecule has 4 nitrogen and oxygen atoms in total. The van der Waals surface area contributed by atoms with Crippen LogP contribution in [0.25, 0.3) is 0 Å². The molecule has 2 rings (SSSR count). The first kappa shape index (κ1) is 10.9. The predicted octanol–water partition coefficient (Wildman–Crippen LogP) is 0.505. The Morgan fingerprint density at radius 3 is 2.67 bits per heavy atom. The van der Waals surface area contributed by atoms with Crippen LogP contribution in [0, 0.1) is 0 Å². The zero-order valence-electron chi connectivity index (χ0n) is 9.37. The van der Waals surface area contributed by atoms with E-state index in [2.05, 4.69) is 6.92 Å². The number of hydrogen-bond acceptors (Lipinski definition) is 3. The Kier molecular flexibility index (Phi) is 2.98. The Labute approximate surface area is 90.8 Å². The SMILES string of the molecule is CC1CCCN1C(=O)C1(N)CCOCC1. The molecular weight excluding hydrogens is 192 g/mol. The molecule has 2 saturated heterocycles. The molecule has 86 valence electrons. The van der Waals surface area contributed by atoms with Gasteiger partial charge in [-0.25, -0.2) is 0 Å². The van der Waals surface area contributed by atoms with E-state index >= 15 is 0 Å². The van der Waals surface area contributed by atoms with Crippen LogP contribution in [0.2, 0.25) is 0 Å². The lowest BCUT2D eigenvalue weighted by Gasteiger charge is -2.36. The normalized spacial score (nSPS) is 30.5. The second-order valence-corrected chi connectivity index (χ2v) is 4.76. The summed E-state index contributed by atoms with van der Waals surface area (Å²) in [6.07, 6.45) is 3.54. The Balaban J connectivity index is 2.05. The van der Waals surface area contributed by atoms with Crippen LogP contribution >= 0.6 is 0 Å². The first-order valence-corrected chi connectivity index (χ1v) is 5.81. The molecular formula is C11H20N2O2. The van der Waals surface area contributed by atoms with Gasteiger partial charge in [-0.15, -0.1) is 0 Å². The molecule has 0 aromatic carbocycles. The summed E-state index contributed by atoms with van der Waals surface area (Å²) in [6.45, 7) is 4.21. The Morgan fingerprint density at radius 1 is 1.47 bits per heavy atom. The van der Waals surface area contributed by atoms with Crippen LogP contribution in [0.3, 0.4) is 0 Å². The van der Waals surface area contributed by atoms with Crippen LogP contribution in [0.4, 0.5) is 0 Å². The molecule has 0 bridgehead atoms. The average molecular weight is 212 g/mol. The lowest BCUT2D eigenvalue weighted by molar-refractivity contribution is -0.141. The number of nitrogens with zero attached hydrogens (tertiary/aromatic N) is 1. The van der Waals surface area contributed by atoms with Crippen molar-refractivity contribution in [2.24, 2.45) is 5.73 Å². The number of ether oxygens (including phenoxy) is 1. The third kappa shape index (κ3) is 2.01. The first-order chi connectivity index (χ1) is 7.13. The van der Waals surface area contributed by atoms with Gasteiger partial charge in [0.25, 0.3) is 0 Å². The number of carbonyl (C=O) groups is 1. The van der Waals surface area contributed by atoms with Crippen LogP contribution < -0.4 is 5.73 Å². The van der Waals surface area contributed by atoms with Crippen molar-refractivity contribution >= 4 is 5.91 Å². The van der Waals surface area contributed by atoms with Gasteiger partial charge in [0.15, 0.2) is 0 Å². The van der Waals surface area contributed by atoms with Crippen molar-refractivity contribution in [3.8, 4) is 0 Å². The zero-order chi connectivity index (χ0) is 10.9. The topological polar surface area (TPSA) is 55.6 Å². The van der Waals surface area contributed by atoms with Gasteiger partial charge in [0.2, 0.25) is 5.91 Å². The number of carbonyl (C=O) groups excluding carboxylic acids is 1. The van der Waals surface area contributed by atoms with Crippen LogP contribution in [0.5, 0.6) is 0 Å². The van der Waals surface area contributed by atoms with E-state index in [1.165, 1.54) is 0 Å². The minimum Gasteiger partial charge on any atom is -0.381 e. The summed E-state index contributed by atoms with van der Waals surface area (Å²) in [5.41, 5.74) is 5.52. The molecule has 2 aliphatic heterocycles. The van der Waals surface area contributed by atoms with Gasteiger partial charge in [0.1, 0.15) is 0 Å². The molecule has 0 aromatic rings. The fourth-order valence-electron chi connectivity index (χ4n) is 2.47. The Hall–Kier alpha value is -0.610. The first-order valence-electron chi connectivity index (χ1n) is 5.81. The molecule has 15 heavy (non-hydrogen) atoms. The van der Waals surface area contributed by atoms with Crippen molar-refractivity contribution < 1.29 is 9.53 Å². The van der Waals surface area contributed by atoms with Crippen LogP contribution in [-0.4, -0.2) is 42.1 Å². The van der Waals surface area contributed by atoms with Gasteiger partial charge in [-0.1, -0.05) is 0 Å². The summed E-state index contributed by atoms with van der Waals surface area (Å²) in [4.78, 5) is 14.2. The van der Waals surface area contributed by atoms with Gasteiger partial charge >= 0.3 is 0 Å². The average Bonchev–Trinajstić information content (AvgIpc) is 2.64. The number of nitrogens with two attached hydrogens (primary N) is 1. The molecule has 0 aliphatic carbocycles. The maximum Gasteiger partial charge on any atom is 0.243 e. The Morgan fingerprint density at radius 2 is 2.13 bits per heavy atom. The van der Waals surface area contributed by atoms with E-state index in [9.17, 15) is 4.79 Å². The summed E-state index contributed by atoms with van der Waals surface area (Å²) in [5.74, 6) is 0.135. The summed E-state index contributed by atoms with van der Waals surface area (Å²) in [6, 6.07) is 0.362. The number of rotatable bonds is 1. The minimum absolute atomic E-state index is 0.135. The number of amides is 1. The van der Waals surface area contributed by atoms with Gasteiger partial charge in [-0.05, 0) is 32.6 Å². The van der Waals surface area contributed by atoms with Crippen molar-refractivity contribution in [3.63, 3.8) is 0 Å². The molecule has 1 amide bonds. The third-order valence-electron chi connectivity index (χ3n) is 3.62. The quantitative estimate of drug-likeness (QED) is 0.689. The lowest BCUT2D eigenvalue weighted by Crippen LogP contribution is -2.58. The molecule has 1 unspecified atom stereocenters. The molecule has 4 heteroatoms. The van der Waals surface area contributed by atoms with Gasteiger partial charge in [0, 0.05) is 25.8 Å². The summed E-state index contributed by atoms with van der Waals surface area (Å²) in [5, 5.41) is 0. The maximum absolute atomic E-state index is 12.3. The van der Waals surface area contributed by atoms with Crippen molar-refractivity contribution in [3.05, 3.63) is 0 Å². The third-order valence-corrected chi connectivity index (χ3v) is 3.62. The van der Waals surface area contributed by atoms with Gasteiger partial charge in [-0.2, -0.15) is 0 Å². The largest absolute Gasteiger partial charge is 0.381 e. The van der Waals surface area contributed by atoms with Crippen molar-refractivity contribution in [1.82, 2.24) is 4.90 Å². The van der Waals surface area contributed by atoms with Gasteiger partial charge in [0.05, 0.1) is 5.54 Å². The molecule has 2 N–H and O–H groups in total. The molecule has 2 fully saturated rings. The molecule has 2 aliphatic rings. The highest BCUT2D eigenvalue weighted by atomic mass is 16.5. The van der Waals surface area contributed by atoms with E-state index in [4.69, 9.17) is 10.5 Å². The molecule has 1 atom stereocenters. The minimum atomic E-state index is -0.656. The number of hydrogen-bond donors (Lipinski definition) is 1. The maximum atomic E-state index is 12.3. The fraction of sp³-hybridized carbons (Fsp3) is 0.909. The van der Waals surface area contributed by atoms with E-state index in [0.717, 1.165) is 19.4 Å². The van der Waals surface area contributed by atoms with E-state index in [1.54, 1.807) is 0 Å². The summed E-state index contributed by atoms with van der Waals surface area (Å²) in [7, 11) is 0. The van der Waals surface area contributed by atoms with Gasteiger partial charge in [-0.3, -0.25) is 4.79 Å². The van der Waals surface area contributed by atoms with Crippen LogP contribution in [0.15, 0.2) is 0 Å². The van der Waals surface area contributed by atoms with Crippen LogP contribution in [-0.2, 0) is 9.53 Å². The van der Waals surface area contributed by atoms with Crippen molar-refractivity contribution in [2.45, 2.75) is 44.2 Å². The number of likely N-dealkylation sites (tertiary alicyclic amines) is 1. The molecule has 0 aromatic heterocycles. The zero-order valence-corrected chi connectivity index (χ0v) is 9.37. The predicted molar refractivity (Wildman–Crippen MR) is 57.4 cm³/mol. The highest BCUT2D eigenvalue weighted by molar-refractivity contribution is 5.86. The standard InChI is InChI=1S/C11H20N2O2/c1-9-3-2-6-13(9)10(14)11(12)4-7-15-8-5-11/h9H,2-8,12H2,1H3. The summed E-state index contributed by atoms with van der Waals surface area (Å²) >= 11 is 0. The van der Waals surface area contributed by atoms with Crippen LogP contribution in [0.1, 0.15) is 32.6 Å².